The molecular weight excluding hydrogens is 474 g/mol. The number of hydrogen-bond acceptors (Lipinski definition) is 3. The fourth-order valence-corrected chi connectivity index (χ4v) is 4.27. The first-order valence-corrected chi connectivity index (χ1v) is 10.0. The summed E-state index contributed by atoms with van der Waals surface area (Å²) in [6.45, 7) is 1.20. The van der Waals surface area contributed by atoms with Gasteiger partial charge in [-0.25, -0.2) is 0 Å². The highest BCUT2D eigenvalue weighted by Crippen LogP contribution is 2.41. The summed E-state index contributed by atoms with van der Waals surface area (Å²) in [7, 11) is 0. The second-order valence-electron chi connectivity index (χ2n) is 7.53. The number of nitrogens with zero attached hydrogens (tertiary/aromatic N) is 4. The molecule has 33 heavy (non-hydrogen) atoms. The van der Waals surface area contributed by atoms with Crippen molar-refractivity contribution in [1.82, 2.24) is 19.7 Å². The third-order valence-corrected chi connectivity index (χ3v) is 5.77. The second kappa shape index (κ2) is 8.05. The van der Waals surface area contributed by atoms with E-state index in [9.17, 15) is 31.1 Å². The quantitative estimate of drug-likeness (QED) is 0.441. The van der Waals surface area contributed by atoms with Gasteiger partial charge in [0.05, 0.1) is 16.1 Å². The van der Waals surface area contributed by atoms with Crippen LogP contribution in [0.3, 0.4) is 0 Å². The minimum absolute atomic E-state index is 0.150. The molecule has 1 aliphatic rings. The summed E-state index contributed by atoms with van der Waals surface area (Å²) in [4.78, 5) is 14.7. The van der Waals surface area contributed by atoms with Gasteiger partial charge in [-0.05, 0) is 24.6 Å². The van der Waals surface area contributed by atoms with Crippen molar-refractivity contribution in [2.75, 3.05) is 0 Å². The Balaban J connectivity index is 1.88. The van der Waals surface area contributed by atoms with E-state index in [4.69, 9.17) is 11.6 Å². The highest BCUT2D eigenvalue weighted by molar-refractivity contribution is 6.34. The van der Waals surface area contributed by atoms with Gasteiger partial charge in [-0.3, -0.25) is 4.79 Å². The van der Waals surface area contributed by atoms with Crippen LogP contribution >= 0.6 is 11.6 Å². The molecule has 0 spiro atoms. The fraction of sp³-hybridized carbons (Fsp3) is 0.286. The van der Waals surface area contributed by atoms with E-state index < -0.39 is 52.3 Å². The Labute approximate surface area is 188 Å². The lowest BCUT2D eigenvalue weighted by atomic mass is 9.97. The van der Waals surface area contributed by atoms with Gasteiger partial charge in [-0.2, -0.15) is 26.3 Å². The molecule has 0 radical (unpaired) electrons. The van der Waals surface area contributed by atoms with Gasteiger partial charge in [0.2, 0.25) is 5.82 Å². The van der Waals surface area contributed by atoms with Gasteiger partial charge in [0.1, 0.15) is 6.04 Å². The zero-order valence-electron chi connectivity index (χ0n) is 16.8. The van der Waals surface area contributed by atoms with Crippen LogP contribution in [-0.2, 0) is 18.9 Å². The Bertz CT molecular complexity index is 1190. The molecule has 0 N–H and O–H groups in total. The van der Waals surface area contributed by atoms with E-state index in [-0.39, 0.29) is 12.4 Å². The van der Waals surface area contributed by atoms with E-state index in [2.05, 4.69) is 10.2 Å². The van der Waals surface area contributed by atoms with E-state index in [0.717, 1.165) is 22.8 Å². The summed E-state index contributed by atoms with van der Waals surface area (Å²) >= 11 is 5.96. The second-order valence-corrected chi connectivity index (χ2v) is 7.91. The summed E-state index contributed by atoms with van der Waals surface area (Å²) in [5.74, 6) is -2.23. The normalized spacial score (nSPS) is 18.8. The number of halogens is 7. The predicted molar refractivity (Wildman–Crippen MR) is 105 cm³/mol. The van der Waals surface area contributed by atoms with Gasteiger partial charge in [0.25, 0.3) is 5.91 Å². The highest BCUT2D eigenvalue weighted by atomic mass is 35.5. The molecule has 1 aromatic heterocycles. The number of carbonyl (C=O) groups excluding carboxylic acids is 1. The Hall–Kier alpha value is -3.08. The van der Waals surface area contributed by atoms with Crippen LogP contribution in [0.1, 0.15) is 46.1 Å². The van der Waals surface area contributed by atoms with E-state index >= 15 is 0 Å². The third-order valence-electron chi connectivity index (χ3n) is 5.36. The molecular formula is C21H15ClF6N4O. The summed E-state index contributed by atoms with van der Waals surface area (Å²) in [5.41, 5.74) is -1.18. The van der Waals surface area contributed by atoms with Gasteiger partial charge in [-0.1, -0.05) is 48.0 Å². The molecule has 0 saturated heterocycles. The average Bonchev–Trinajstić information content (AvgIpc) is 3.16. The SMILES string of the molecule is CC1Cn2c(nnc2C(F)(F)F)C(c2ccccc2)N1C(=O)c1cccc(C(F)(F)F)c1Cl. The molecule has 0 saturated carbocycles. The van der Waals surface area contributed by atoms with Crippen LogP contribution in [-0.4, -0.2) is 31.6 Å². The van der Waals surface area contributed by atoms with E-state index in [1.54, 1.807) is 30.3 Å². The maximum absolute atomic E-state index is 13.5. The van der Waals surface area contributed by atoms with Crippen LogP contribution in [0.4, 0.5) is 26.3 Å². The molecule has 0 fully saturated rings. The van der Waals surface area contributed by atoms with Crippen LogP contribution in [0.5, 0.6) is 0 Å². The number of hydrogen-bond donors (Lipinski definition) is 0. The molecule has 174 valence electrons. The van der Waals surface area contributed by atoms with Crippen LogP contribution < -0.4 is 0 Å². The van der Waals surface area contributed by atoms with Crippen LogP contribution in [0.15, 0.2) is 48.5 Å². The molecule has 5 nitrogen and oxygen atoms in total. The Morgan fingerprint density at radius 1 is 0.970 bits per heavy atom. The molecule has 0 bridgehead atoms. The van der Waals surface area contributed by atoms with Crippen molar-refractivity contribution in [3.8, 4) is 0 Å². The van der Waals surface area contributed by atoms with Crippen molar-refractivity contribution in [3.63, 3.8) is 0 Å². The van der Waals surface area contributed by atoms with Crippen molar-refractivity contribution in [2.45, 2.75) is 37.9 Å². The van der Waals surface area contributed by atoms with Gasteiger partial charge in [0.15, 0.2) is 5.82 Å². The minimum atomic E-state index is -4.79. The number of amides is 1. The molecule has 2 aromatic carbocycles. The number of carbonyl (C=O) groups is 1. The number of rotatable bonds is 2. The molecule has 4 rings (SSSR count). The highest BCUT2D eigenvalue weighted by Gasteiger charge is 2.46. The summed E-state index contributed by atoms with van der Waals surface area (Å²) in [6.07, 6.45) is -9.57. The summed E-state index contributed by atoms with van der Waals surface area (Å²) < 4.78 is 81.3. The summed E-state index contributed by atoms with van der Waals surface area (Å²) in [5, 5.41) is 6.21. The number of alkyl halides is 6. The van der Waals surface area contributed by atoms with E-state index in [1.165, 1.54) is 11.8 Å². The molecule has 2 heterocycles. The minimum Gasteiger partial charge on any atom is -0.320 e. The van der Waals surface area contributed by atoms with E-state index in [0.29, 0.717) is 5.56 Å². The number of benzene rings is 2. The van der Waals surface area contributed by atoms with Crippen LogP contribution in [0.2, 0.25) is 5.02 Å². The fourth-order valence-electron chi connectivity index (χ4n) is 3.96. The smallest absolute Gasteiger partial charge is 0.320 e. The topological polar surface area (TPSA) is 51.0 Å². The Kier molecular flexibility index (Phi) is 5.63. The average molecular weight is 489 g/mol. The Morgan fingerprint density at radius 3 is 2.24 bits per heavy atom. The van der Waals surface area contributed by atoms with E-state index in [1.807, 2.05) is 0 Å². The third kappa shape index (κ3) is 4.05. The number of aromatic nitrogens is 3. The largest absolute Gasteiger partial charge is 0.451 e. The van der Waals surface area contributed by atoms with Crippen molar-refractivity contribution >= 4 is 17.5 Å². The van der Waals surface area contributed by atoms with Crippen molar-refractivity contribution in [1.29, 1.82) is 0 Å². The molecule has 1 amide bonds. The van der Waals surface area contributed by atoms with Crippen molar-refractivity contribution in [3.05, 3.63) is 81.9 Å². The molecule has 12 heteroatoms. The first-order valence-electron chi connectivity index (χ1n) is 9.65. The van der Waals surface area contributed by atoms with Gasteiger partial charge < -0.3 is 9.47 Å². The lowest BCUT2D eigenvalue weighted by Crippen LogP contribution is -2.49. The van der Waals surface area contributed by atoms with Crippen LogP contribution in [0.25, 0.3) is 0 Å². The zero-order valence-corrected chi connectivity index (χ0v) is 17.6. The molecule has 3 aromatic rings. The van der Waals surface area contributed by atoms with Gasteiger partial charge >= 0.3 is 12.4 Å². The van der Waals surface area contributed by atoms with Crippen molar-refractivity contribution < 1.29 is 31.1 Å². The molecule has 1 aliphatic heterocycles. The maximum Gasteiger partial charge on any atom is 0.451 e. The van der Waals surface area contributed by atoms with Gasteiger partial charge in [0, 0.05) is 12.6 Å². The molecule has 2 atom stereocenters. The Morgan fingerprint density at radius 2 is 1.64 bits per heavy atom. The number of fused-ring (bicyclic) bond motifs is 1. The predicted octanol–water partition coefficient (Wildman–Crippen LogP) is 5.60. The standard InChI is InChI=1S/C21H15ClF6N4O/c1-11-10-31-17(29-30-19(31)21(26,27)28)16(12-6-3-2-4-7-12)32(11)18(33)13-8-5-9-14(15(13)22)20(23,24)25/h2-9,11,16H,10H2,1H3. The first kappa shape index (κ1) is 23.1. The lowest BCUT2D eigenvalue weighted by molar-refractivity contribution is -0.148. The monoisotopic (exact) mass is 488 g/mol. The molecule has 2 unspecified atom stereocenters. The zero-order chi connectivity index (χ0) is 24.1. The summed E-state index contributed by atoms with van der Waals surface area (Å²) in [6, 6.07) is 9.07. The first-order chi connectivity index (χ1) is 15.4. The maximum atomic E-state index is 13.5. The van der Waals surface area contributed by atoms with Crippen LogP contribution in [0, 0.1) is 0 Å². The van der Waals surface area contributed by atoms with Crippen molar-refractivity contribution in [2.24, 2.45) is 0 Å². The lowest BCUT2D eigenvalue weighted by Gasteiger charge is -2.41. The molecule has 0 aliphatic carbocycles. The van der Waals surface area contributed by atoms with Gasteiger partial charge in [-0.15, -0.1) is 10.2 Å².